The third-order valence-electron chi connectivity index (χ3n) is 7.33. The molecule has 1 aliphatic carbocycles. The zero-order chi connectivity index (χ0) is 21.0. The topological polar surface area (TPSA) is 92.6 Å². The first-order valence-electron chi connectivity index (χ1n) is 11.4. The van der Waals surface area contributed by atoms with Crippen LogP contribution >= 0.6 is 0 Å². The Kier molecular flexibility index (Phi) is 7.10. The Morgan fingerprint density at radius 3 is 2.66 bits per heavy atom. The standard InChI is InChI=1S/C24H39N3O2/c1-24(2,23(26)29)15-20-14-18-9-3-4-10-19(18)16-27(20)13-6-5-8-17-11-7-12-21(25)22(17)28/h7,11-12,18-20,28H,3-6,8-10,13-16,25H2,1-2H3,(H2,26,29)/t18-,19+,20+/m1/s1. The van der Waals surface area contributed by atoms with Crippen LogP contribution in [0.1, 0.15) is 70.8 Å². The Hall–Kier alpha value is -1.75. The third kappa shape index (κ3) is 5.44. The molecule has 3 atom stereocenters. The monoisotopic (exact) mass is 401 g/mol. The van der Waals surface area contributed by atoms with Crippen LogP contribution in [-0.4, -0.2) is 35.0 Å². The van der Waals surface area contributed by atoms with Gasteiger partial charge in [-0.3, -0.25) is 4.79 Å². The van der Waals surface area contributed by atoms with Crippen molar-refractivity contribution in [2.75, 3.05) is 18.8 Å². The fourth-order valence-corrected chi connectivity index (χ4v) is 5.40. The van der Waals surface area contributed by atoms with Crippen molar-refractivity contribution >= 4 is 11.6 Å². The molecule has 1 saturated heterocycles. The van der Waals surface area contributed by atoms with Gasteiger partial charge in [-0.2, -0.15) is 0 Å². The van der Waals surface area contributed by atoms with Gasteiger partial charge in [0.15, 0.2) is 0 Å². The summed E-state index contributed by atoms with van der Waals surface area (Å²) in [4.78, 5) is 14.6. The number of carbonyl (C=O) groups is 1. The van der Waals surface area contributed by atoms with E-state index >= 15 is 0 Å². The molecule has 0 unspecified atom stereocenters. The number of carbonyl (C=O) groups excluding carboxylic acids is 1. The zero-order valence-corrected chi connectivity index (χ0v) is 18.2. The van der Waals surface area contributed by atoms with Crippen molar-refractivity contribution in [3.05, 3.63) is 23.8 Å². The van der Waals surface area contributed by atoms with Crippen LogP contribution in [0.15, 0.2) is 18.2 Å². The van der Waals surface area contributed by atoms with Crippen LogP contribution < -0.4 is 11.5 Å². The van der Waals surface area contributed by atoms with Gasteiger partial charge in [0.1, 0.15) is 5.75 Å². The van der Waals surface area contributed by atoms with Crippen molar-refractivity contribution in [1.29, 1.82) is 0 Å². The number of rotatable bonds is 8. The number of para-hydroxylation sites is 1. The highest BCUT2D eigenvalue weighted by atomic mass is 16.3. The van der Waals surface area contributed by atoms with Gasteiger partial charge >= 0.3 is 0 Å². The number of anilines is 1. The number of nitrogen functional groups attached to an aromatic ring is 1. The van der Waals surface area contributed by atoms with Crippen LogP contribution in [0.5, 0.6) is 5.75 Å². The molecule has 0 aromatic heterocycles. The second-order valence-electron chi connectivity index (χ2n) is 9.95. The maximum Gasteiger partial charge on any atom is 0.223 e. The van der Waals surface area contributed by atoms with E-state index in [2.05, 4.69) is 4.90 Å². The smallest absolute Gasteiger partial charge is 0.223 e. The van der Waals surface area contributed by atoms with E-state index in [1.807, 2.05) is 26.0 Å². The Morgan fingerprint density at radius 1 is 1.21 bits per heavy atom. The van der Waals surface area contributed by atoms with Crippen LogP contribution in [0.25, 0.3) is 0 Å². The predicted molar refractivity (Wildman–Crippen MR) is 118 cm³/mol. The molecule has 1 aliphatic heterocycles. The van der Waals surface area contributed by atoms with Crippen molar-refractivity contribution in [2.24, 2.45) is 23.0 Å². The fraction of sp³-hybridized carbons (Fsp3) is 0.708. The lowest BCUT2D eigenvalue weighted by Gasteiger charge is -2.48. The van der Waals surface area contributed by atoms with Crippen LogP contribution in [0.4, 0.5) is 5.69 Å². The van der Waals surface area contributed by atoms with E-state index in [4.69, 9.17) is 11.5 Å². The van der Waals surface area contributed by atoms with Gasteiger partial charge in [-0.05, 0) is 68.5 Å². The summed E-state index contributed by atoms with van der Waals surface area (Å²) >= 11 is 0. The Bertz CT molecular complexity index is 703. The molecule has 0 bridgehead atoms. The number of fused-ring (bicyclic) bond motifs is 1. The number of nitrogens with zero attached hydrogens (tertiary/aromatic N) is 1. The molecule has 1 amide bonds. The molecule has 162 valence electrons. The highest BCUT2D eigenvalue weighted by Crippen LogP contribution is 2.41. The molecular weight excluding hydrogens is 362 g/mol. The lowest BCUT2D eigenvalue weighted by Crippen LogP contribution is -2.51. The molecule has 1 saturated carbocycles. The molecule has 5 nitrogen and oxygen atoms in total. The van der Waals surface area contributed by atoms with Gasteiger partial charge in [0.2, 0.25) is 5.91 Å². The number of unbranched alkanes of at least 4 members (excludes halogenated alkanes) is 1. The largest absolute Gasteiger partial charge is 0.506 e. The summed E-state index contributed by atoms with van der Waals surface area (Å²) in [6.07, 6.45) is 10.4. The SMILES string of the molecule is CC(C)(C[C@@H]1C[C@H]2CCCC[C@H]2CN1CCCCc1cccc(N)c1O)C(N)=O. The minimum Gasteiger partial charge on any atom is -0.506 e. The Labute approximate surface area is 175 Å². The molecule has 0 spiro atoms. The van der Waals surface area contributed by atoms with Crippen LogP contribution in [0, 0.1) is 17.3 Å². The van der Waals surface area contributed by atoms with Gasteiger partial charge in [-0.1, -0.05) is 45.2 Å². The number of phenolic OH excluding ortho intramolecular Hbond substituents is 1. The van der Waals surface area contributed by atoms with E-state index in [0.29, 0.717) is 11.7 Å². The first kappa shape index (κ1) is 21.9. The average Bonchev–Trinajstić information content (AvgIpc) is 2.68. The predicted octanol–water partition coefficient (Wildman–Crippen LogP) is 4.08. The summed E-state index contributed by atoms with van der Waals surface area (Å²) in [6.45, 7) is 6.19. The Morgan fingerprint density at radius 2 is 1.93 bits per heavy atom. The number of hydrogen-bond acceptors (Lipinski definition) is 4. The van der Waals surface area contributed by atoms with Gasteiger partial charge in [-0.15, -0.1) is 0 Å². The van der Waals surface area contributed by atoms with E-state index in [1.165, 1.54) is 32.1 Å². The number of amides is 1. The molecule has 5 N–H and O–H groups in total. The highest BCUT2D eigenvalue weighted by molar-refractivity contribution is 5.79. The second-order valence-corrected chi connectivity index (χ2v) is 9.95. The van der Waals surface area contributed by atoms with E-state index in [0.717, 1.165) is 56.2 Å². The number of piperidine rings is 1. The van der Waals surface area contributed by atoms with E-state index in [9.17, 15) is 9.90 Å². The summed E-state index contributed by atoms with van der Waals surface area (Å²) in [5.74, 6) is 1.67. The van der Waals surface area contributed by atoms with Crippen LogP contribution in [0.3, 0.4) is 0 Å². The van der Waals surface area contributed by atoms with Gasteiger partial charge in [-0.25, -0.2) is 0 Å². The lowest BCUT2D eigenvalue weighted by molar-refractivity contribution is -0.127. The number of benzene rings is 1. The summed E-state index contributed by atoms with van der Waals surface area (Å²) in [5, 5.41) is 10.1. The maximum atomic E-state index is 11.9. The molecule has 2 aliphatic rings. The van der Waals surface area contributed by atoms with Crippen molar-refractivity contribution < 1.29 is 9.90 Å². The van der Waals surface area contributed by atoms with Gasteiger partial charge < -0.3 is 21.5 Å². The second kappa shape index (κ2) is 9.38. The average molecular weight is 402 g/mol. The first-order valence-corrected chi connectivity index (χ1v) is 11.4. The van der Waals surface area contributed by atoms with E-state index in [-0.39, 0.29) is 11.7 Å². The quantitative estimate of drug-likeness (QED) is 0.348. The highest BCUT2D eigenvalue weighted by Gasteiger charge is 2.39. The molecule has 1 aromatic carbocycles. The van der Waals surface area contributed by atoms with Gasteiger partial charge in [0, 0.05) is 18.0 Å². The van der Waals surface area contributed by atoms with Crippen molar-refractivity contribution in [3.63, 3.8) is 0 Å². The van der Waals surface area contributed by atoms with Gasteiger partial charge in [0.25, 0.3) is 0 Å². The maximum absolute atomic E-state index is 11.9. The molecule has 3 rings (SSSR count). The number of phenols is 1. The molecule has 0 radical (unpaired) electrons. The molecule has 1 aromatic rings. The summed E-state index contributed by atoms with van der Waals surface area (Å²) < 4.78 is 0. The molecule has 5 heteroatoms. The molecular formula is C24H39N3O2. The van der Waals surface area contributed by atoms with Gasteiger partial charge in [0.05, 0.1) is 5.69 Å². The number of aromatic hydroxyl groups is 1. The number of likely N-dealkylation sites (tertiary alicyclic amines) is 1. The zero-order valence-electron chi connectivity index (χ0n) is 18.2. The summed E-state index contributed by atoms with van der Waals surface area (Å²) in [6, 6.07) is 6.04. The number of hydrogen-bond donors (Lipinski definition) is 3. The first-order chi connectivity index (χ1) is 13.8. The van der Waals surface area contributed by atoms with Crippen molar-refractivity contribution in [1.82, 2.24) is 4.90 Å². The van der Waals surface area contributed by atoms with E-state index in [1.54, 1.807) is 6.07 Å². The minimum atomic E-state index is -0.461. The number of primary amides is 1. The van der Waals surface area contributed by atoms with Crippen molar-refractivity contribution in [3.8, 4) is 5.75 Å². The van der Waals surface area contributed by atoms with Crippen molar-refractivity contribution in [2.45, 2.75) is 77.7 Å². The lowest BCUT2D eigenvalue weighted by atomic mass is 9.70. The van der Waals surface area contributed by atoms with Crippen LogP contribution in [0.2, 0.25) is 0 Å². The number of nitrogens with two attached hydrogens (primary N) is 2. The molecule has 2 fully saturated rings. The Balaban J connectivity index is 1.59. The summed E-state index contributed by atoms with van der Waals surface area (Å²) in [7, 11) is 0. The number of aryl methyl sites for hydroxylation is 1. The summed E-state index contributed by atoms with van der Waals surface area (Å²) in [5.41, 5.74) is 12.4. The van der Waals surface area contributed by atoms with Crippen LogP contribution in [-0.2, 0) is 11.2 Å². The minimum absolute atomic E-state index is 0.194. The van der Waals surface area contributed by atoms with E-state index < -0.39 is 5.41 Å². The fourth-order valence-electron chi connectivity index (χ4n) is 5.40. The molecule has 29 heavy (non-hydrogen) atoms. The molecule has 1 heterocycles. The normalized spacial score (nSPS) is 25.5. The third-order valence-corrected chi connectivity index (χ3v) is 7.33.